The molecule has 5 nitrogen and oxygen atoms in total. The third-order valence-corrected chi connectivity index (χ3v) is 4.92. The summed E-state index contributed by atoms with van der Waals surface area (Å²) >= 11 is 1.41. The van der Waals surface area contributed by atoms with Crippen molar-refractivity contribution in [2.75, 3.05) is 0 Å². The third kappa shape index (κ3) is 2.82. The highest BCUT2D eigenvalue weighted by molar-refractivity contribution is 7.18. The maximum absolute atomic E-state index is 13.6. The molecule has 0 saturated heterocycles. The number of benzene rings is 1. The number of carbonyl (C=O) groups is 1. The number of hydrogen-bond donors (Lipinski definition) is 1. The molecule has 1 atom stereocenters. The Labute approximate surface area is 141 Å². The summed E-state index contributed by atoms with van der Waals surface area (Å²) < 4.78 is 18.9. The molecular weight excluding hydrogens is 331 g/mol. The van der Waals surface area contributed by atoms with E-state index in [2.05, 4.69) is 9.97 Å². The summed E-state index contributed by atoms with van der Waals surface area (Å²) in [6.45, 7) is 5.37. The predicted octanol–water partition coefficient (Wildman–Crippen LogP) is 3.66. The molecule has 0 radical (unpaired) electrons. The van der Waals surface area contributed by atoms with E-state index in [9.17, 15) is 14.0 Å². The van der Waals surface area contributed by atoms with Crippen LogP contribution in [0.1, 0.15) is 39.7 Å². The van der Waals surface area contributed by atoms with Crippen molar-refractivity contribution >= 4 is 27.5 Å². The lowest BCUT2D eigenvalue weighted by molar-refractivity contribution is 0.0315. The highest BCUT2D eigenvalue weighted by Gasteiger charge is 2.20. The van der Waals surface area contributed by atoms with Gasteiger partial charge in [0.25, 0.3) is 5.56 Å². The molecule has 2 aromatic heterocycles. The average molecular weight is 346 g/mol. The summed E-state index contributed by atoms with van der Waals surface area (Å²) in [7, 11) is 0. The summed E-state index contributed by atoms with van der Waals surface area (Å²) in [5.41, 5.74) is 0.465. The molecular formula is C17H15FN2O3S. The second-order valence-corrected chi connectivity index (χ2v) is 6.65. The van der Waals surface area contributed by atoms with Crippen LogP contribution in [0.15, 0.2) is 29.1 Å². The largest absolute Gasteiger partial charge is 0.451 e. The van der Waals surface area contributed by atoms with Crippen LogP contribution in [-0.2, 0) is 4.74 Å². The van der Waals surface area contributed by atoms with E-state index >= 15 is 0 Å². The van der Waals surface area contributed by atoms with Gasteiger partial charge in [-0.25, -0.2) is 14.2 Å². The molecule has 0 unspecified atom stereocenters. The van der Waals surface area contributed by atoms with Crippen molar-refractivity contribution < 1.29 is 13.9 Å². The van der Waals surface area contributed by atoms with E-state index in [1.165, 1.54) is 29.5 Å². The monoisotopic (exact) mass is 346 g/mol. The Bertz CT molecular complexity index is 993. The first-order valence-corrected chi connectivity index (χ1v) is 8.15. The van der Waals surface area contributed by atoms with Gasteiger partial charge in [0.05, 0.1) is 10.9 Å². The van der Waals surface area contributed by atoms with Gasteiger partial charge in [-0.3, -0.25) is 4.79 Å². The summed E-state index contributed by atoms with van der Waals surface area (Å²) in [6.07, 6.45) is -0.808. The normalized spacial score (nSPS) is 12.3. The van der Waals surface area contributed by atoms with Crippen LogP contribution >= 0.6 is 11.3 Å². The number of ether oxygens (including phenoxy) is 1. The minimum Gasteiger partial charge on any atom is -0.451 e. The van der Waals surface area contributed by atoms with Gasteiger partial charge in [-0.2, -0.15) is 0 Å². The van der Waals surface area contributed by atoms with Crippen molar-refractivity contribution in [1.82, 2.24) is 9.97 Å². The highest BCUT2D eigenvalue weighted by atomic mass is 32.1. The summed E-state index contributed by atoms with van der Waals surface area (Å²) in [5, 5.41) is 0.550. The van der Waals surface area contributed by atoms with Crippen LogP contribution in [0.3, 0.4) is 0 Å². The number of esters is 1. The molecule has 24 heavy (non-hydrogen) atoms. The Morgan fingerprint density at radius 1 is 1.33 bits per heavy atom. The smallest absolute Gasteiger partial charge is 0.341 e. The fourth-order valence-electron chi connectivity index (χ4n) is 2.37. The number of aromatic nitrogens is 2. The van der Waals surface area contributed by atoms with Gasteiger partial charge in [-0.05, 0) is 38.5 Å². The third-order valence-electron chi connectivity index (χ3n) is 3.82. The number of thiophene rings is 1. The minimum atomic E-state index is -0.808. The van der Waals surface area contributed by atoms with Gasteiger partial charge in [0, 0.05) is 4.88 Å². The molecule has 0 spiro atoms. The van der Waals surface area contributed by atoms with E-state index in [0.29, 0.717) is 10.2 Å². The van der Waals surface area contributed by atoms with Gasteiger partial charge < -0.3 is 9.72 Å². The van der Waals surface area contributed by atoms with Crippen molar-refractivity contribution in [3.8, 4) is 0 Å². The standard InChI is InChI=1S/C17H15FN2O3S/c1-8-10(3)24-16-13(8)15(21)19-14(20-16)9(2)23-17(22)11-6-4-5-7-12(11)18/h4-7,9H,1-3H3,(H,19,20,21)/t9-/m1/s1. The molecule has 124 valence electrons. The van der Waals surface area contributed by atoms with E-state index < -0.39 is 17.9 Å². The van der Waals surface area contributed by atoms with Crippen LogP contribution in [0, 0.1) is 19.7 Å². The molecule has 0 fully saturated rings. The van der Waals surface area contributed by atoms with Crippen molar-refractivity contribution in [2.24, 2.45) is 0 Å². The fraction of sp³-hybridized carbons (Fsp3) is 0.235. The number of nitrogens with one attached hydrogen (secondary N) is 1. The summed E-state index contributed by atoms with van der Waals surface area (Å²) in [4.78, 5) is 33.0. The van der Waals surface area contributed by atoms with Crippen molar-refractivity contribution in [3.63, 3.8) is 0 Å². The number of H-pyrrole nitrogens is 1. The molecule has 1 N–H and O–H groups in total. The van der Waals surface area contributed by atoms with Crippen LogP contribution in [0.2, 0.25) is 0 Å². The Morgan fingerprint density at radius 2 is 2.04 bits per heavy atom. The zero-order valence-electron chi connectivity index (χ0n) is 13.3. The van der Waals surface area contributed by atoms with Crippen molar-refractivity contribution in [3.05, 3.63) is 62.3 Å². The van der Waals surface area contributed by atoms with Gasteiger partial charge in [0.15, 0.2) is 11.9 Å². The molecule has 0 aliphatic heterocycles. The number of fused-ring (bicyclic) bond motifs is 1. The Hall–Kier alpha value is -2.54. The molecule has 3 rings (SSSR count). The number of aromatic amines is 1. The zero-order chi connectivity index (χ0) is 17.4. The van der Waals surface area contributed by atoms with Gasteiger partial charge in [0.2, 0.25) is 0 Å². The fourth-order valence-corrected chi connectivity index (χ4v) is 3.41. The molecule has 2 heterocycles. The molecule has 0 amide bonds. The predicted molar refractivity (Wildman–Crippen MR) is 89.9 cm³/mol. The Balaban J connectivity index is 1.92. The Kier molecular flexibility index (Phi) is 4.19. The number of nitrogens with zero attached hydrogens (tertiary/aromatic N) is 1. The van der Waals surface area contributed by atoms with E-state index in [0.717, 1.165) is 10.4 Å². The first kappa shape index (κ1) is 16.3. The Morgan fingerprint density at radius 3 is 2.75 bits per heavy atom. The molecule has 0 bridgehead atoms. The maximum Gasteiger partial charge on any atom is 0.341 e. The lowest BCUT2D eigenvalue weighted by atomic mass is 10.2. The number of aryl methyl sites for hydroxylation is 2. The first-order valence-electron chi connectivity index (χ1n) is 7.34. The second-order valence-electron chi connectivity index (χ2n) is 5.44. The van der Waals surface area contributed by atoms with Gasteiger partial charge in [-0.1, -0.05) is 12.1 Å². The number of halogens is 1. The van der Waals surface area contributed by atoms with Gasteiger partial charge in [0.1, 0.15) is 10.6 Å². The zero-order valence-corrected chi connectivity index (χ0v) is 14.2. The minimum absolute atomic E-state index is 0.157. The summed E-state index contributed by atoms with van der Waals surface area (Å²) in [5.74, 6) is -1.23. The van der Waals surface area contributed by atoms with E-state index in [1.54, 1.807) is 13.0 Å². The molecule has 0 aliphatic carbocycles. The summed E-state index contributed by atoms with van der Waals surface area (Å²) in [6, 6.07) is 5.57. The van der Waals surface area contributed by atoms with Crippen LogP contribution in [-0.4, -0.2) is 15.9 Å². The molecule has 0 saturated carbocycles. The number of carbonyl (C=O) groups excluding carboxylic acids is 1. The average Bonchev–Trinajstić information content (AvgIpc) is 2.82. The van der Waals surface area contributed by atoms with Gasteiger partial charge in [-0.15, -0.1) is 11.3 Å². The second kappa shape index (κ2) is 6.16. The van der Waals surface area contributed by atoms with E-state index in [4.69, 9.17) is 4.74 Å². The molecule has 3 aromatic rings. The molecule has 0 aliphatic rings. The van der Waals surface area contributed by atoms with E-state index in [-0.39, 0.29) is 16.9 Å². The number of hydrogen-bond acceptors (Lipinski definition) is 5. The van der Waals surface area contributed by atoms with Crippen molar-refractivity contribution in [1.29, 1.82) is 0 Å². The molecule has 1 aromatic carbocycles. The van der Waals surface area contributed by atoms with Crippen LogP contribution in [0.4, 0.5) is 4.39 Å². The maximum atomic E-state index is 13.6. The van der Waals surface area contributed by atoms with Crippen LogP contribution in [0.5, 0.6) is 0 Å². The lowest BCUT2D eigenvalue weighted by Crippen LogP contribution is -2.17. The SMILES string of the molecule is Cc1sc2nc([C@@H](C)OC(=O)c3ccccc3F)[nH]c(=O)c2c1C. The topological polar surface area (TPSA) is 72.0 Å². The quantitative estimate of drug-likeness (QED) is 0.735. The van der Waals surface area contributed by atoms with E-state index in [1.807, 2.05) is 13.8 Å². The highest BCUT2D eigenvalue weighted by Crippen LogP contribution is 2.27. The van der Waals surface area contributed by atoms with Crippen LogP contribution < -0.4 is 5.56 Å². The first-order chi connectivity index (χ1) is 11.4. The number of rotatable bonds is 3. The lowest BCUT2D eigenvalue weighted by Gasteiger charge is -2.12. The molecule has 7 heteroatoms. The van der Waals surface area contributed by atoms with Crippen molar-refractivity contribution in [2.45, 2.75) is 26.9 Å². The van der Waals surface area contributed by atoms with Gasteiger partial charge >= 0.3 is 5.97 Å². The van der Waals surface area contributed by atoms with Crippen LogP contribution in [0.25, 0.3) is 10.2 Å².